The minimum absolute atomic E-state index is 0.0583. The van der Waals surface area contributed by atoms with E-state index >= 15 is 0 Å². The summed E-state index contributed by atoms with van der Waals surface area (Å²) in [6.45, 7) is 0. The largest absolute Gasteiger partial charge is 0.497 e. The third-order valence-corrected chi connectivity index (χ3v) is 3.13. The van der Waals surface area contributed by atoms with Crippen LogP contribution in [0.2, 0.25) is 0 Å². The Morgan fingerprint density at radius 3 is 2.77 bits per heavy atom. The first kappa shape index (κ1) is 14.0. The highest BCUT2D eigenvalue weighted by molar-refractivity contribution is 6.12. The van der Waals surface area contributed by atoms with E-state index in [2.05, 4.69) is 4.99 Å². The summed E-state index contributed by atoms with van der Waals surface area (Å²) in [5.41, 5.74) is 0.956. The minimum Gasteiger partial charge on any atom is -0.497 e. The Bertz CT molecular complexity index is 796. The van der Waals surface area contributed by atoms with Crippen LogP contribution < -0.4 is 4.74 Å². The quantitative estimate of drug-likeness (QED) is 0.646. The molecule has 0 saturated heterocycles. The fourth-order valence-corrected chi connectivity index (χ4v) is 2.03. The van der Waals surface area contributed by atoms with E-state index in [-0.39, 0.29) is 17.2 Å². The van der Waals surface area contributed by atoms with Gasteiger partial charge >= 0.3 is 5.97 Å². The van der Waals surface area contributed by atoms with Crippen LogP contribution in [0.1, 0.15) is 11.1 Å². The molecule has 1 aliphatic rings. The monoisotopic (exact) mass is 297 g/mol. The SMILES string of the molecule is COc1cccc(C2=N/C(=C/c3ccccc3F)C(=O)O2)c1. The molecule has 22 heavy (non-hydrogen) atoms. The smallest absolute Gasteiger partial charge is 0.363 e. The Morgan fingerprint density at radius 1 is 1.18 bits per heavy atom. The van der Waals surface area contributed by atoms with Crippen LogP contribution in [0.5, 0.6) is 5.75 Å². The molecule has 0 saturated carbocycles. The average Bonchev–Trinajstić information content (AvgIpc) is 2.91. The van der Waals surface area contributed by atoms with Gasteiger partial charge in [0, 0.05) is 11.1 Å². The Morgan fingerprint density at radius 2 is 2.00 bits per heavy atom. The Balaban J connectivity index is 1.96. The first-order valence-electron chi connectivity index (χ1n) is 6.59. The summed E-state index contributed by atoms with van der Waals surface area (Å²) in [5.74, 6) is -0.233. The second-order valence-electron chi connectivity index (χ2n) is 4.59. The number of benzene rings is 2. The molecule has 0 atom stereocenters. The van der Waals surface area contributed by atoms with Crippen LogP contribution in [0.15, 0.2) is 59.2 Å². The van der Waals surface area contributed by atoms with Crippen molar-refractivity contribution in [1.82, 2.24) is 0 Å². The standard InChI is InChI=1S/C17H12FNO3/c1-21-13-7-4-6-12(9-13)16-19-15(17(20)22-16)10-11-5-2-3-8-14(11)18/h2-10H,1H3/b15-10+. The number of esters is 1. The highest BCUT2D eigenvalue weighted by atomic mass is 19.1. The fraction of sp³-hybridized carbons (Fsp3) is 0.0588. The van der Waals surface area contributed by atoms with Crippen LogP contribution in [0.4, 0.5) is 4.39 Å². The van der Waals surface area contributed by atoms with Crippen LogP contribution in [0.25, 0.3) is 6.08 Å². The van der Waals surface area contributed by atoms with Gasteiger partial charge in [0.05, 0.1) is 7.11 Å². The lowest BCUT2D eigenvalue weighted by atomic mass is 10.2. The maximum atomic E-state index is 13.6. The molecule has 0 amide bonds. The van der Waals surface area contributed by atoms with Crippen LogP contribution in [-0.4, -0.2) is 19.0 Å². The third-order valence-electron chi connectivity index (χ3n) is 3.13. The van der Waals surface area contributed by atoms with Crippen molar-refractivity contribution in [2.45, 2.75) is 0 Å². The normalized spacial score (nSPS) is 15.6. The number of rotatable bonds is 3. The first-order valence-corrected chi connectivity index (χ1v) is 6.59. The lowest BCUT2D eigenvalue weighted by Crippen LogP contribution is -2.05. The van der Waals surface area contributed by atoms with E-state index in [1.54, 1.807) is 49.6 Å². The summed E-state index contributed by atoms with van der Waals surface area (Å²) in [6, 6.07) is 13.1. The number of hydrogen-bond acceptors (Lipinski definition) is 4. The molecular weight excluding hydrogens is 285 g/mol. The van der Waals surface area contributed by atoms with Crippen molar-refractivity contribution in [2.75, 3.05) is 7.11 Å². The molecule has 110 valence electrons. The molecule has 0 fully saturated rings. The molecule has 2 aromatic carbocycles. The number of carbonyl (C=O) groups excluding carboxylic acids is 1. The number of carbonyl (C=O) groups is 1. The van der Waals surface area contributed by atoms with Crippen LogP contribution in [-0.2, 0) is 9.53 Å². The predicted octanol–water partition coefficient (Wildman–Crippen LogP) is 3.18. The van der Waals surface area contributed by atoms with Gasteiger partial charge in [-0.05, 0) is 30.3 Å². The van der Waals surface area contributed by atoms with Gasteiger partial charge in [0.25, 0.3) is 0 Å². The van der Waals surface area contributed by atoms with Crippen LogP contribution in [0, 0.1) is 5.82 Å². The molecule has 4 nitrogen and oxygen atoms in total. The average molecular weight is 297 g/mol. The molecule has 0 aliphatic carbocycles. The maximum Gasteiger partial charge on any atom is 0.363 e. The van der Waals surface area contributed by atoms with Gasteiger partial charge in [0.1, 0.15) is 11.6 Å². The van der Waals surface area contributed by atoms with Gasteiger partial charge in [-0.1, -0.05) is 24.3 Å². The van der Waals surface area contributed by atoms with E-state index in [1.807, 2.05) is 0 Å². The number of ether oxygens (including phenoxy) is 2. The Hall–Kier alpha value is -2.95. The zero-order valence-corrected chi connectivity index (χ0v) is 11.7. The number of nitrogens with zero attached hydrogens (tertiary/aromatic N) is 1. The van der Waals surface area contributed by atoms with E-state index in [1.165, 1.54) is 12.1 Å². The van der Waals surface area contributed by atoms with Gasteiger partial charge in [-0.2, -0.15) is 0 Å². The van der Waals surface area contributed by atoms with Crippen LogP contribution in [0.3, 0.4) is 0 Å². The lowest BCUT2D eigenvalue weighted by molar-refractivity contribution is -0.129. The molecule has 3 rings (SSSR count). The van der Waals surface area contributed by atoms with Gasteiger partial charge < -0.3 is 9.47 Å². The lowest BCUT2D eigenvalue weighted by Gasteiger charge is -2.02. The molecular formula is C17H12FNO3. The summed E-state index contributed by atoms with van der Waals surface area (Å²) in [6.07, 6.45) is 1.37. The van der Waals surface area contributed by atoms with E-state index in [0.29, 0.717) is 11.3 Å². The highest BCUT2D eigenvalue weighted by Gasteiger charge is 2.24. The zero-order valence-electron chi connectivity index (χ0n) is 11.7. The predicted molar refractivity (Wildman–Crippen MR) is 80.0 cm³/mol. The minimum atomic E-state index is -0.610. The first-order chi connectivity index (χ1) is 10.7. The molecule has 0 spiro atoms. The van der Waals surface area contributed by atoms with Gasteiger partial charge in [0.2, 0.25) is 5.90 Å². The summed E-state index contributed by atoms with van der Waals surface area (Å²) in [7, 11) is 1.55. The molecule has 0 radical (unpaired) electrons. The molecule has 0 unspecified atom stereocenters. The number of cyclic esters (lactones) is 1. The van der Waals surface area contributed by atoms with Crippen molar-refractivity contribution < 1.29 is 18.7 Å². The highest BCUT2D eigenvalue weighted by Crippen LogP contribution is 2.22. The summed E-state index contributed by atoms with van der Waals surface area (Å²) in [5, 5.41) is 0. The molecule has 5 heteroatoms. The van der Waals surface area contributed by atoms with Gasteiger partial charge in [-0.25, -0.2) is 14.2 Å². The summed E-state index contributed by atoms with van der Waals surface area (Å²) in [4.78, 5) is 16.0. The number of hydrogen-bond donors (Lipinski definition) is 0. The van der Waals surface area contributed by atoms with Crippen molar-refractivity contribution in [1.29, 1.82) is 0 Å². The molecule has 2 aromatic rings. The topological polar surface area (TPSA) is 47.9 Å². The zero-order chi connectivity index (χ0) is 15.5. The summed E-state index contributed by atoms with van der Waals surface area (Å²) >= 11 is 0. The van der Waals surface area contributed by atoms with E-state index in [9.17, 15) is 9.18 Å². The van der Waals surface area contributed by atoms with Gasteiger partial charge in [-0.3, -0.25) is 0 Å². The fourth-order valence-electron chi connectivity index (χ4n) is 2.03. The molecule has 0 aromatic heterocycles. The van der Waals surface area contributed by atoms with Crippen molar-refractivity contribution in [2.24, 2.45) is 4.99 Å². The van der Waals surface area contributed by atoms with Gasteiger partial charge in [-0.15, -0.1) is 0 Å². The van der Waals surface area contributed by atoms with Crippen molar-refractivity contribution in [3.05, 3.63) is 71.2 Å². The van der Waals surface area contributed by atoms with Crippen molar-refractivity contribution >= 4 is 17.9 Å². The van der Waals surface area contributed by atoms with Crippen LogP contribution >= 0.6 is 0 Å². The van der Waals surface area contributed by atoms with E-state index in [4.69, 9.17) is 9.47 Å². The van der Waals surface area contributed by atoms with Crippen molar-refractivity contribution in [3.63, 3.8) is 0 Å². The molecule has 0 bridgehead atoms. The molecule has 0 N–H and O–H groups in total. The van der Waals surface area contributed by atoms with E-state index in [0.717, 1.165) is 0 Å². The number of aliphatic imine (C=N–C) groups is 1. The van der Waals surface area contributed by atoms with Gasteiger partial charge in [0.15, 0.2) is 5.70 Å². The second-order valence-corrected chi connectivity index (χ2v) is 4.59. The molecule has 1 heterocycles. The second kappa shape index (κ2) is 5.81. The maximum absolute atomic E-state index is 13.6. The summed E-state index contributed by atoms with van der Waals surface area (Å²) < 4.78 is 23.9. The Labute approximate surface area is 126 Å². The number of methoxy groups -OCH3 is 1. The third kappa shape index (κ3) is 2.74. The number of halogens is 1. The Kier molecular flexibility index (Phi) is 3.70. The molecule has 1 aliphatic heterocycles. The van der Waals surface area contributed by atoms with E-state index < -0.39 is 11.8 Å². The van der Waals surface area contributed by atoms with Crippen molar-refractivity contribution in [3.8, 4) is 5.75 Å².